The minimum atomic E-state index is -0.512. The van der Waals surface area contributed by atoms with Crippen LogP contribution in [0.25, 0.3) is 6.08 Å². The molecule has 0 spiro atoms. The predicted molar refractivity (Wildman–Crippen MR) is 122 cm³/mol. The lowest BCUT2D eigenvalue weighted by molar-refractivity contribution is -0.127. The number of carbonyl (C=O) groups excluding carboxylic acids is 3. The largest absolute Gasteiger partial charge is 0.495 e. The lowest BCUT2D eigenvalue weighted by atomic mass is 10.2. The molecule has 162 valence electrons. The molecule has 1 fully saturated rings. The van der Waals surface area contributed by atoms with Crippen molar-refractivity contribution >= 4 is 52.2 Å². The number of ether oxygens (including phenoxy) is 2. The van der Waals surface area contributed by atoms with E-state index in [1.807, 2.05) is 6.92 Å². The zero-order valence-electron chi connectivity index (χ0n) is 17.0. The highest BCUT2D eigenvalue weighted by Crippen LogP contribution is 2.32. The van der Waals surface area contributed by atoms with Gasteiger partial charge in [0, 0.05) is 5.69 Å². The summed E-state index contributed by atoms with van der Waals surface area (Å²) < 4.78 is 10.6. The second-order valence-electron chi connectivity index (χ2n) is 6.58. The molecule has 1 heterocycles. The van der Waals surface area contributed by atoms with Crippen LogP contribution in [0.5, 0.6) is 11.5 Å². The predicted octanol–water partition coefficient (Wildman–Crippen LogP) is 4.81. The third-order valence-electron chi connectivity index (χ3n) is 4.26. The van der Waals surface area contributed by atoms with Crippen LogP contribution in [-0.4, -0.2) is 42.2 Å². The summed E-state index contributed by atoms with van der Waals surface area (Å²) in [4.78, 5) is 38.4. The van der Waals surface area contributed by atoms with Gasteiger partial charge in [0.05, 0.1) is 23.6 Å². The molecule has 3 amide bonds. The van der Waals surface area contributed by atoms with Crippen molar-refractivity contribution in [3.63, 3.8) is 0 Å². The van der Waals surface area contributed by atoms with Crippen LogP contribution in [-0.2, 0) is 9.59 Å². The first-order valence-electron chi connectivity index (χ1n) is 9.53. The smallest absolute Gasteiger partial charge is 0.294 e. The normalized spacial score (nSPS) is 14.8. The van der Waals surface area contributed by atoms with E-state index in [9.17, 15) is 14.4 Å². The van der Waals surface area contributed by atoms with Crippen molar-refractivity contribution in [2.75, 3.05) is 25.6 Å². The highest BCUT2D eigenvalue weighted by molar-refractivity contribution is 8.18. The van der Waals surface area contributed by atoms with Gasteiger partial charge in [-0.1, -0.05) is 30.7 Å². The standard InChI is InChI=1S/C22H21ClN2O5S/c1-3-10-30-16-7-4-14(5-8-16)11-19-21(27)25(22(28)31-19)13-20(26)24-15-6-9-18(29-2)17(23)12-15/h4-9,11-12H,3,10,13H2,1-2H3,(H,24,26). The van der Waals surface area contributed by atoms with E-state index in [4.69, 9.17) is 21.1 Å². The van der Waals surface area contributed by atoms with Gasteiger partial charge in [0.2, 0.25) is 5.91 Å². The third-order valence-corrected chi connectivity index (χ3v) is 5.46. The quantitative estimate of drug-likeness (QED) is 0.569. The van der Waals surface area contributed by atoms with Crippen LogP contribution >= 0.6 is 23.4 Å². The Morgan fingerprint density at radius 2 is 1.94 bits per heavy atom. The highest BCUT2D eigenvalue weighted by Gasteiger charge is 2.36. The molecule has 1 aliphatic heterocycles. The summed E-state index contributed by atoms with van der Waals surface area (Å²) >= 11 is 6.85. The van der Waals surface area contributed by atoms with Gasteiger partial charge in [-0.3, -0.25) is 19.3 Å². The van der Waals surface area contributed by atoms with Crippen molar-refractivity contribution in [1.29, 1.82) is 0 Å². The average molecular weight is 461 g/mol. The van der Waals surface area contributed by atoms with Crippen LogP contribution in [0.15, 0.2) is 47.4 Å². The molecular weight excluding hydrogens is 440 g/mol. The number of amides is 3. The summed E-state index contributed by atoms with van der Waals surface area (Å²) in [5.74, 6) is 0.189. The third kappa shape index (κ3) is 5.80. The number of methoxy groups -OCH3 is 1. The van der Waals surface area contributed by atoms with Gasteiger partial charge < -0.3 is 14.8 Å². The molecule has 2 aromatic carbocycles. The Kier molecular flexibility index (Phi) is 7.59. The van der Waals surface area contributed by atoms with Crippen molar-refractivity contribution in [3.8, 4) is 11.5 Å². The van der Waals surface area contributed by atoms with Crippen LogP contribution in [0.3, 0.4) is 0 Å². The van der Waals surface area contributed by atoms with Crippen LogP contribution in [0.1, 0.15) is 18.9 Å². The van der Waals surface area contributed by atoms with Gasteiger partial charge in [0.25, 0.3) is 11.1 Å². The zero-order valence-corrected chi connectivity index (χ0v) is 18.6. The summed E-state index contributed by atoms with van der Waals surface area (Å²) in [5.41, 5.74) is 1.19. The van der Waals surface area contributed by atoms with Crippen molar-refractivity contribution in [2.24, 2.45) is 0 Å². The van der Waals surface area contributed by atoms with E-state index in [1.54, 1.807) is 42.5 Å². The number of hydrogen-bond donors (Lipinski definition) is 1. The number of rotatable bonds is 8. The van der Waals surface area contributed by atoms with Crippen LogP contribution in [0.4, 0.5) is 10.5 Å². The fraction of sp³-hybridized carbons (Fsp3) is 0.227. The Morgan fingerprint density at radius 1 is 1.19 bits per heavy atom. The summed E-state index contributed by atoms with van der Waals surface area (Å²) in [7, 11) is 1.49. The van der Waals surface area contributed by atoms with Crippen molar-refractivity contribution in [3.05, 3.63) is 58.0 Å². The first kappa shape index (κ1) is 22.7. The molecule has 31 heavy (non-hydrogen) atoms. The second kappa shape index (κ2) is 10.4. The average Bonchev–Trinajstić information content (AvgIpc) is 3.00. The van der Waals surface area contributed by atoms with Gasteiger partial charge in [0.15, 0.2) is 0 Å². The Labute approximate surface area is 189 Å². The van der Waals surface area contributed by atoms with Crippen LogP contribution in [0.2, 0.25) is 5.02 Å². The number of nitrogens with zero attached hydrogens (tertiary/aromatic N) is 1. The molecule has 1 aliphatic rings. The fourth-order valence-corrected chi connectivity index (χ4v) is 3.85. The molecule has 7 nitrogen and oxygen atoms in total. The molecular formula is C22H21ClN2O5S. The van der Waals surface area contributed by atoms with Gasteiger partial charge in [-0.2, -0.15) is 0 Å². The number of hydrogen-bond acceptors (Lipinski definition) is 6. The lowest BCUT2D eigenvalue weighted by Gasteiger charge is -2.13. The summed E-state index contributed by atoms with van der Waals surface area (Å²) in [6, 6.07) is 12.0. The Balaban J connectivity index is 1.63. The maximum Gasteiger partial charge on any atom is 0.294 e. The van der Waals surface area contributed by atoms with E-state index in [0.29, 0.717) is 23.1 Å². The van der Waals surface area contributed by atoms with Gasteiger partial charge >= 0.3 is 0 Å². The van der Waals surface area contributed by atoms with Crippen LogP contribution < -0.4 is 14.8 Å². The van der Waals surface area contributed by atoms with E-state index in [1.165, 1.54) is 13.2 Å². The molecule has 3 rings (SSSR count). The number of anilines is 1. The monoisotopic (exact) mass is 460 g/mol. The van der Waals surface area contributed by atoms with Gasteiger partial charge in [0.1, 0.15) is 18.0 Å². The SMILES string of the molecule is CCCOc1ccc(C=C2SC(=O)N(CC(=O)Nc3ccc(OC)c(Cl)c3)C2=O)cc1. The first-order valence-corrected chi connectivity index (χ1v) is 10.7. The molecule has 0 radical (unpaired) electrons. The molecule has 0 atom stereocenters. The van der Waals surface area contributed by atoms with E-state index < -0.39 is 23.6 Å². The molecule has 0 saturated carbocycles. The Hall–Kier alpha value is -2.97. The Morgan fingerprint density at radius 3 is 2.58 bits per heavy atom. The molecule has 0 aromatic heterocycles. The number of halogens is 1. The van der Waals surface area contributed by atoms with E-state index in [2.05, 4.69) is 5.32 Å². The van der Waals surface area contributed by atoms with Gasteiger partial charge in [-0.25, -0.2) is 0 Å². The maximum atomic E-state index is 12.6. The fourth-order valence-electron chi connectivity index (χ4n) is 2.76. The van der Waals surface area contributed by atoms with Gasteiger partial charge in [-0.05, 0) is 60.2 Å². The molecule has 9 heteroatoms. The van der Waals surface area contributed by atoms with Gasteiger partial charge in [-0.15, -0.1) is 0 Å². The Bertz CT molecular complexity index is 1020. The van der Waals surface area contributed by atoms with Crippen molar-refractivity contribution < 1.29 is 23.9 Å². The van der Waals surface area contributed by atoms with Crippen LogP contribution in [0, 0.1) is 0 Å². The minimum Gasteiger partial charge on any atom is -0.495 e. The molecule has 1 N–H and O–H groups in total. The number of carbonyl (C=O) groups is 3. The summed E-state index contributed by atoms with van der Waals surface area (Å²) in [5, 5.41) is 2.46. The zero-order chi connectivity index (χ0) is 22.4. The molecule has 0 bridgehead atoms. The van der Waals surface area contributed by atoms with E-state index in [-0.39, 0.29) is 4.91 Å². The first-order chi connectivity index (χ1) is 14.9. The molecule has 1 saturated heterocycles. The topological polar surface area (TPSA) is 84.9 Å². The number of imide groups is 1. The van der Waals surface area contributed by atoms with Crippen molar-refractivity contribution in [2.45, 2.75) is 13.3 Å². The lowest BCUT2D eigenvalue weighted by Crippen LogP contribution is -2.36. The second-order valence-corrected chi connectivity index (χ2v) is 7.98. The number of thioether (sulfide) groups is 1. The minimum absolute atomic E-state index is 0.257. The summed E-state index contributed by atoms with van der Waals surface area (Å²) in [6.07, 6.45) is 2.53. The number of benzene rings is 2. The number of nitrogens with one attached hydrogen (secondary N) is 1. The van der Waals surface area contributed by atoms with Crippen molar-refractivity contribution in [1.82, 2.24) is 4.90 Å². The summed E-state index contributed by atoms with van der Waals surface area (Å²) in [6.45, 7) is 2.26. The molecule has 0 aliphatic carbocycles. The highest BCUT2D eigenvalue weighted by atomic mass is 35.5. The molecule has 0 unspecified atom stereocenters. The van der Waals surface area contributed by atoms with E-state index in [0.717, 1.165) is 34.4 Å². The maximum absolute atomic E-state index is 12.6. The van der Waals surface area contributed by atoms with E-state index >= 15 is 0 Å². The molecule has 2 aromatic rings.